The molecule has 0 radical (unpaired) electrons. The summed E-state index contributed by atoms with van der Waals surface area (Å²) in [7, 11) is -3.63. The SMILES string of the molecule is O=C(C1CC1)N1CCc2cc(S(=O)(=O)NCc3ccc(N4CCOCC4)cc3)ccc21. The first kappa shape index (κ1) is 20.5. The Bertz CT molecular complexity index is 1070. The quantitative estimate of drug-likeness (QED) is 0.744. The van der Waals surface area contributed by atoms with Crippen LogP contribution in [0.25, 0.3) is 0 Å². The standard InChI is InChI=1S/C23H27N3O4S/c27-23(18-3-4-18)26-10-9-19-15-21(7-8-22(19)26)31(28,29)24-16-17-1-5-20(6-2-17)25-11-13-30-14-12-25/h1-2,5-8,15,18,24H,3-4,9-14,16H2. The molecule has 1 aliphatic carbocycles. The Labute approximate surface area is 183 Å². The van der Waals surface area contributed by atoms with Crippen molar-refractivity contribution in [1.82, 2.24) is 4.72 Å². The van der Waals surface area contributed by atoms with Gasteiger partial charge in [-0.25, -0.2) is 13.1 Å². The first-order valence-corrected chi connectivity index (χ1v) is 12.4. The van der Waals surface area contributed by atoms with Crippen LogP contribution < -0.4 is 14.5 Å². The minimum atomic E-state index is -3.63. The van der Waals surface area contributed by atoms with E-state index < -0.39 is 10.0 Å². The molecular formula is C23H27N3O4S. The van der Waals surface area contributed by atoms with E-state index in [1.54, 1.807) is 18.2 Å². The van der Waals surface area contributed by atoms with Crippen molar-refractivity contribution < 1.29 is 17.9 Å². The van der Waals surface area contributed by atoms with Gasteiger partial charge in [-0.15, -0.1) is 0 Å². The third-order valence-corrected chi connectivity index (χ3v) is 7.63. The van der Waals surface area contributed by atoms with Gasteiger partial charge in [0, 0.05) is 43.5 Å². The Hall–Kier alpha value is -2.42. The van der Waals surface area contributed by atoms with Crippen molar-refractivity contribution in [1.29, 1.82) is 0 Å². The van der Waals surface area contributed by atoms with Crippen LogP contribution in [-0.2, 0) is 32.5 Å². The topological polar surface area (TPSA) is 79.0 Å². The molecule has 0 unspecified atom stereocenters. The zero-order chi connectivity index (χ0) is 21.4. The Morgan fingerprint density at radius 2 is 1.77 bits per heavy atom. The van der Waals surface area contributed by atoms with Gasteiger partial charge in [0.05, 0.1) is 18.1 Å². The van der Waals surface area contributed by atoms with E-state index >= 15 is 0 Å². The Balaban J connectivity index is 1.24. The molecule has 0 atom stereocenters. The summed E-state index contributed by atoms with van der Waals surface area (Å²) in [5.74, 6) is 0.332. The normalized spacial score (nSPS) is 18.8. The van der Waals surface area contributed by atoms with Gasteiger partial charge in [0.2, 0.25) is 15.9 Å². The number of nitrogens with zero attached hydrogens (tertiary/aromatic N) is 2. The molecule has 2 fully saturated rings. The summed E-state index contributed by atoms with van der Waals surface area (Å²) in [5.41, 5.74) is 3.81. The summed E-state index contributed by atoms with van der Waals surface area (Å²) in [6, 6.07) is 13.0. The van der Waals surface area contributed by atoms with E-state index in [4.69, 9.17) is 4.74 Å². The monoisotopic (exact) mass is 441 g/mol. The van der Waals surface area contributed by atoms with Gasteiger partial charge in [0.15, 0.2) is 0 Å². The van der Waals surface area contributed by atoms with E-state index in [1.165, 1.54) is 0 Å². The number of benzene rings is 2. The highest BCUT2D eigenvalue weighted by Gasteiger charge is 2.36. The zero-order valence-electron chi connectivity index (χ0n) is 17.4. The van der Waals surface area contributed by atoms with Crippen LogP contribution in [0.5, 0.6) is 0 Å². The van der Waals surface area contributed by atoms with E-state index in [1.807, 2.05) is 29.2 Å². The van der Waals surface area contributed by atoms with E-state index in [0.717, 1.165) is 61.6 Å². The number of morpholine rings is 1. The maximum absolute atomic E-state index is 12.8. The predicted molar refractivity (Wildman–Crippen MR) is 119 cm³/mol. The van der Waals surface area contributed by atoms with Crippen molar-refractivity contribution in [3.05, 3.63) is 53.6 Å². The highest BCUT2D eigenvalue weighted by atomic mass is 32.2. The van der Waals surface area contributed by atoms with Crippen LogP contribution in [0.3, 0.4) is 0 Å². The lowest BCUT2D eigenvalue weighted by molar-refractivity contribution is -0.119. The van der Waals surface area contributed by atoms with E-state index in [9.17, 15) is 13.2 Å². The molecule has 1 saturated carbocycles. The van der Waals surface area contributed by atoms with Crippen LogP contribution in [0.15, 0.2) is 47.4 Å². The molecule has 1 saturated heterocycles. The van der Waals surface area contributed by atoms with E-state index in [-0.39, 0.29) is 23.3 Å². The first-order valence-electron chi connectivity index (χ1n) is 10.9. The Morgan fingerprint density at radius 1 is 1.03 bits per heavy atom. The molecule has 7 nitrogen and oxygen atoms in total. The molecule has 2 aromatic rings. The predicted octanol–water partition coefficient (Wildman–Crippen LogP) is 2.30. The summed E-state index contributed by atoms with van der Waals surface area (Å²) in [5, 5.41) is 0. The van der Waals surface area contributed by atoms with Gasteiger partial charge in [0.1, 0.15) is 0 Å². The van der Waals surface area contributed by atoms with Crippen LogP contribution in [-0.4, -0.2) is 47.2 Å². The average molecular weight is 442 g/mol. The number of fused-ring (bicyclic) bond motifs is 1. The van der Waals surface area contributed by atoms with Gasteiger partial charge < -0.3 is 14.5 Å². The summed E-state index contributed by atoms with van der Waals surface area (Å²) in [6.07, 6.45) is 2.63. The van der Waals surface area contributed by atoms with E-state index in [2.05, 4.69) is 9.62 Å². The highest BCUT2D eigenvalue weighted by molar-refractivity contribution is 7.89. The second kappa shape index (κ2) is 8.26. The molecule has 0 spiro atoms. The summed E-state index contributed by atoms with van der Waals surface area (Å²) >= 11 is 0. The molecule has 3 aliphatic rings. The van der Waals surface area contributed by atoms with Gasteiger partial charge in [-0.3, -0.25) is 4.79 Å². The smallest absolute Gasteiger partial charge is 0.240 e. The molecule has 1 amide bonds. The third kappa shape index (κ3) is 4.33. The number of sulfonamides is 1. The van der Waals surface area contributed by atoms with Crippen molar-refractivity contribution in [2.24, 2.45) is 5.92 Å². The lowest BCUT2D eigenvalue weighted by Crippen LogP contribution is -2.36. The number of hydrogen-bond acceptors (Lipinski definition) is 5. The fourth-order valence-corrected chi connectivity index (χ4v) is 5.30. The number of carbonyl (C=O) groups is 1. The molecule has 5 rings (SSSR count). The number of anilines is 2. The fourth-order valence-electron chi connectivity index (χ4n) is 4.23. The molecule has 8 heteroatoms. The number of ether oxygens (including phenoxy) is 1. The van der Waals surface area contributed by atoms with Gasteiger partial charge >= 0.3 is 0 Å². The van der Waals surface area contributed by atoms with Gasteiger partial charge in [0.25, 0.3) is 0 Å². The van der Waals surface area contributed by atoms with Crippen LogP contribution in [0.2, 0.25) is 0 Å². The van der Waals surface area contributed by atoms with Crippen molar-refractivity contribution in [2.75, 3.05) is 42.6 Å². The van der Waals surface area contributed by atoms with Gasteiger partial charge in [-0.2, -0.15) is 0 Å². The number of carbonyl (C=O) groups excluding carboxylic acids is 1. The van der Waals surface area contributed by atoms with Crippen LogP contribution in [0, 0.1) is 5.92 Å². The number of amides is 1. The maximum Gasteiger partial charge on any atom is 0.240 e. The van der Waals surface area contributed by atoms with Crippen molar-refractivity contribution >= 4 is 27.3 Å². The van der Waals surface area contributed by atoms with Gasteiger partial charge in [-0.05, 0) is 60.7 Å². The largest absolute Gasteiger partial charge is 0.378 e. The zero-order valence-corrected chi connectivity index (χ0v) is 18.2. The molecule has 31 heavy (non-hydrogen) atoms. The molecule has 0 bridgehead atoms. The number of rotatable bonds is 6. The Morgan fingerprint density at radius 3 is 2.48 bits per heavy atom. The number of nitrogens with one attached hydrogen (secondary N) is 1. The molecular weight excluding hydrogens is 414 g/mol. The molecule has 2 heterocycles. The van der Waals surface area contributed by atoms with Crippen molar-refractivity contribution in [3.63, 3.8) is 0 Å². The second-order valence-electron chi connectivity index (χ2n) is 8.40. The van der Waals surface area contributed by atoms with Crippen LogP contribution >= 0.6 is 0 Å². The fraction of sp³-hybridized carbons (Fsp3) is 0.435. The van der Waals surface area contributed by atoms with Crippen LogP contribution in [0.4, 0.5) is 11.4 Å². The third-order valence-electron chi connectivity index (χ3n) is 6.23. The van der Waals surface area contributed by atoms with Crippen LogP contribution in [0.1, 0.15) is 24.0 Å². The first-order chi connectivity index (χ1) is 15.0. The highest BCUT2D eigenvalue weighted by Crippen LogP contribution is 2.37. The lowest BCUT2D eigenvalue weighted by Gasteiger charge is -2.28. The maximum atomic E-state index is 12.8. The lowest BCUT2D eigenvalue weighted by atomic mass is 10.2. The average Bonchev–Trinajstić information content (AvgIpc) is 3.57. The molecule has 164 valence electrons. The second-order valence-corrected chi connectivity index (χ2v) is 10.2. The molecule has 1 N–H and O–H groups in total. The minimum Gasteiger partial charge on any atom is -0.378 e. The minimum absolute atomic E-state index is 0.158. The summed E-state index contributed by atoms with van der Waals surface area (Å²) in [6.45, 7) is 4.07. The van der Waals surface area contributed by atoms with Gasteiger partial charge in [-0.1, -0.05) is 12.1 Å². The molecule has 2 aromatic carbocycles. The van der Waals surface area contributed by atoms with E-state index in [0.29, 0.717) is 13.0 Å². The summed E-state index contributed by atoms with van der Waals surface area (Å²) in [4.78, 5) is 16.7. The van der Waals surface area contributed by atoms with Crippen molar-refractivity contribution in [3.8, 4) is 0 Å². The molecule has 2 aliphatic heterocycles. The molecule has 0 aromatic heterocycles. The number of hydrogen-bond donors (Lipinski definition) is 1. The Kier molecular flexibility index (Phi) is 5.45. The summed E-state index contributed by atoms with van der Waals surface area (Å²) < 4.78 is 33.8. The van der Waals surface area contributed by atoms with Crippen molar-refractivity contribution in [2.45, 2.75) is 30.7 Å².